The summed E-state index contributed by atoms with van der Waals surface area (Å²) in [5, 5.41) is 14.7. The average molecular weight is 459 g/mol. The summed E-state index contributed by atoms with van der Waals surface area (Å²) < 4.78 is 5.52. The molecule has 4 rings (SSSR count). The molecule has 1 aliphatic rings. The number of carboxylic acid groups (broad SMARTS) is 1. The van der Waals surface area contributed by atoms with E-state index in [0.29, 0.717) is 5.56 Å². The van der Waals surface area contributed by atoms with Gasteiger partial charge in [0.1, 0.15) is 6.61 Å². The zero-order valence-electron chi connectivity index (χ0n) is 19.0. The number of fused-ring (bicyclic) bond motifs is 3. The summed E-state index contributed by atoms with van der Waals surface area (Å²) in [6.45, 7) is 3.54. The average Bonchev–Trinajstić information content (AvgIpc) is 3.11. The number of rotatable bonds is 7. The second kappa shape index (κ2) is 9.79. The van der Waals surface area contributed by atoms with Gasteiger partial charge < -0.3 is 20.5 Å². The van der Waals surface area contributed by atoms with Gasteiger partial charge in [-0.05, 0) is 47.7 Å². The summed E-state index contributed by atoms with van der Waals surface area (Å²) in [7, 11) is 0. The first-order valence-electron chi connectivity index (χ1n) is 11.1. The Morgan fingerprint density at radius 2 is 1.56 bits per heavy atom. The van der Waals surface area contributed by atoms with E-state index in [9.17, 15) is 19.5 Å². The van der Waals surface area contributed by atoms with Crippen molar-refractivity contribution >= 4 is 23.7 Å². The van der Waals surface area contributed by atoms with Crippen LogP contribution < -0.4 is 10.6 Å². The molecule has 7 heteroatoms. The summed E-state index contributed by atoms with van der Waals surface area (Å²) in [5.74, 6) is -1.56. The number of hydrogen-bond donors (Lipinski definition) is 3. The predicted octanol–water partition coefficient (Wildman–Crippen LogP) is 4.95. The molecule has 7 nitrogen and oxygen atoms in total. The molecule has 3 N–H and O–H groups in total. The van der Waals surface area contributed by atoms with E-state index in [0.717, 1.165) is 22.3 Å². The molecule has 0 radical (unpaired) electrons. The molecule has 174 valence electrons. The summed E-state index contributed by atoms with van der Waals surface area (Å²) in [4.78, 5) is 36.4. The monoisotopic (exact) mass is 458 g/mol. The number of nitrogens with one attached hydrogen (secondary N) is 2. The fraction of sp³-hybridized carbons (Fsp3) is 0.222. The van der Waals surface area contributed by atoms with Gasteiger partial charge in [0, 0.05) is 18.4 Å². The number of ether oxygens (including phenoxy) is 1. The van der Waals surface area contributed by atoms with Crippen LogP contribution in [0.15, 0.2) is 66.7 Å². The topological polar surface area (TPSA) is 105 Å². The maximum absolute atomic E-state index is 12.4. The third-order valence-corrected chi connectivity index (χ3v) is 5.96. The van der Waals surface area contributed by atoms with Crippen molar-refractivity contribution in [2.45, 2.75) is 32.2 Å². The van der Waals surface area contributed by atoms with E-state index < -0.39 is 24.0 Å². The van der Waals surface area contributed by atoms with Gasteiger partial charge >= 0.3 is 12.1 Å². The number of alkyl carbamates (subject to hydrolysis) is 1. The lowest BCUT2D eigenvalue weighted by Gasteiger charge is -2.17. The number of benzene rings is 3. The van der Waals surface area contributed by atoms with Crippen LogP contribution in [-0.4, -0.2) is 35.7 Å². The second-order valence-corrected chi connectivity index (χ2v) is 8.43. The Labute approximate surface area is 197 Å². The highest BCUT2D eigenvalue weighted by atomic mass is 16.5. The first kappa shape index (κ1) is 23.0. The second-order valence-electron chi connectivity index (χ2n) is 8.43. The third kappa shape index (κ3) is 4.78. The molecule has 0 heterocycles. The van der Waals surface area contributed by atoms with Crippen LogP contribution in [0.2, 0.25) is 0 Å². The van der Waals surface area contributed by atoms with Gasteiger partial charge in [0.25, 0.3) is 0 Å². The Hall–Kier alpha value is -4.13. The van der Waals surface area contributed by atoms with Crippen LogP contribution in [0.25, 0.3) is 11.1 Å². The molecular formula is C27H26N2O5. The van der Waals surface area contributed by atoms with Crippen LogP contribution in [0.1, 0.15) is 46.3 Å². The molecule has 0 saturated heterocycles. The standard InChI is InChI=1S/C27H26N2O5/c1-16-8-7-13-23(25(16)26(31)32)29-24(30)14-17(2)28-27(33)34-15-22-20-11-5-3-9-18(20)19-10-4-6-12-21(19)22/h3-13,17,22H,14-15H2,1-2H3,(H,28,33)(H,29,30)(H,31,32). The minimum atomic E-state index is -1.11. The maximum Gasteiger partial charge on any atom is 0.407 e. The Kier molecular flexibility index (Phi) is 6.63. The molecule has 3 aromatic rings. The Bertz CT molecular complexity index is 1210. The smallest absolute Gasteiger partial charge is 0.407 e. The van der Waals surface area contributed by atoms with Crippen LogP contribution in [0.4, 0.5) is 10.5 Å². The molecular weight excluding hydrogens is 432 g/mol. The van der Waals surface area contributed by atoms with Crippen LogP contribution in [0.5, 0.6) is 0 Å². The molecule has 0 aliphatic heterocycles. The quantitative estimate of drug-likeness (QED) is 0.465. The summed E-state index contributed by atoms with van der Waals surface area (Å²) in [5.41, 5.74) is 5.37. The highest BCUT2D eigenvalue weighted by molar-refractivity contribution is 6.01. The van der Waals surface area contributed by atoms with E-state index in [2.05, 4.69) is 22.8 Å². The van der Waals surface area contributed by atoms with Crippen LogP contribution in [-0.2, 0) is 9.53 Å². The van der Waals surface area contributed by atoms with Crippen molar-refractivity contribution in [2.75, 3.05) is 11.9 Å². The van der Waals surface area contributed by atoms with E-state index in [1.807, 2.05) is 36.4 Å². The number of carbonyl (C=O) groups is 3. The largest absolute Gasteiger partial charge is 0.478 e. The van der Waals surface area contributed by atoms with Crippen molar-refractivity contribution in [3.8, 4) is 11.1 Å². The van der Waals surface area contributed by atoms with Crippen LogP contribution in [0, 0.1) is 6.92 Å². The van der Waals surface area contributed by atoms with Crippen LogP contribution in [0.3, 0.4) is 0 Å². The van der Waals surface area contributed by atoms with Gasteiger partial charge in [-0.15, -0.1) is 0 Å². The van der Waals surface area contributed by atoms with Crippen molar-refractivity contribution in [2.24, 2.45) is 0 Å². The number of amides is 2. The number of carboxylic acids is 1. The SMILES string of the molecule is Cc1cccc(NC(=O)CC(C)NC(=O)OCC2c3ccccc3-c3ccccc32)c1C(=O)O. The molecule has 34 heavy (non-hydrogen) atoms. The third-order valence-electron chi connectivity index (χ3n) is 5.96. The first-order valence-corrected chi connectivity index (χ1v) is 11.1. The van der Waals surface area contributed by atoms with Crippen molar-refractivity contribution < 1.29 is 24.2 Å². The number of carbonyl (C=O) groups excluding carboxylic acids is 2. The molecule has 1 aliphatic carbocycles. The van der Waals surface area contributed by atoms with Gasteiger partial charge in [-0.3, -0.25) is 4.79 Å². The van der Waals surface area contributed by atoms with Crippen molar-refractivity contribution in [3.63, 3.8) is 0 Å². The van der Waals surface area contributed by atoms with Crippen molar-refractivity contribution in [1.29, 1.82) is 0 Å². The van der Waals surface area contributed by atoms with Gasteiger partial charge in [-0.25, -0.2) is 9.59 Å². The predicted molar refractivity (Wildman–Crippen MR) is 129 cm³/mol. The maximum atomic E-state index is 12.4. The Morgan fingerprint density at radius 3 is 2.18 bits per heavy atom. The molecule has 0 bridgehead atoms. The van der Waals surface area contributed by atoms with Gasteiger partial charge in [-0.2, -0.15) is 0 Å². The fourth-order valence-electron chi connectivity index (χ4n) is 4.43. The summed E-state index contributed by atoms with van der Waals surface area (Å²) >= 11 is 0. The van der Waals surface area contributed by atoms with Gasteiger partial charge in [0.2, 0.25) is 5.91 Å². The van der Waals surface area contributed by atoms with Gasteiger partial charge in [-0.1, -0.05) is 60.7 Å². The lowest BCUT2D eigenvalue weighted by Crippen LogP contribution is -2.36. The highest BCUT2D eigenvalue weighted by Gasteiger charge is 2.29. The van der Waals surface area contributed by atoms with E-state index >= 15 is 0 Å². The van der Waals surface area contributed by atoms with E-state index in [1.165, 1.54) is 6.07 Å². The lowest BCUT2D eigenvalue weighted by molar-refractivity contribution is -0.116. The van der Waals surface area contributed by atoms with E-state index in [-0.39, 0.29) is 30.2 Å². The molecule has 0 aromatic heterocycles. The minimum Gasteiger partial charge on any atom is -0.478 e. The number of aromatic carboxylic acids is 1. The molecule has 2 amide bonds. The lowest BCUT2D eigenvalue weighted by atomic mass is 9.98. The van der Waals surface area contributed by atoms with E-state index in [4.69, 9.17) is 4.74 Å². The zero-order chi connectivity index (χ0) is 24.2. The molecule has 0 fully saturated rings. The minimum absolute atomic E-state index is 0.0306. The van der Waals surface area contributed by atoms with Crippen molar-refractivity contribution in [1.82, 2.24) is 5.32 Å². The van der Waals surface area contributed by atoms with E-state index in [1.54, 1.807) is 26.0 Å². The number of anilines is 1. The molecule has 1 atom stereocenters. The zero-order valence-corrected chi connectivity index (χ0v) is 19.0. The fourth-order valence-corrected chi connectivity index (χ4v) is 4.43. The normalized spacial score (nSPS) is 12.9. The highest BCUT2D eigenvalue weighted by Crippen LogP contribution is 2.44. The molecule has 3 aromatic carbocycles. The summed E-state index contributed by atoms with van der Waals surface area (Å²) in [6.07, 6.45) is -0.638. The Balaban J connectivity index is 1.33. The Morgan fingerprint density at radius 1 is 0.941 bits per heavy atom. The van der Waals surface area contributed by atoms with Gasteiger partial charge in [0.15, 0.2) is 0 Å². The number of aryl methyl sites for hydroxylation is 1. The number of hydrogen-bond acceptors (Lipinski definition) is 4. The molecule has 0 spiro atoms. The summed E-state index contributed by atoms with van der Waals surface area (Å²) in [6, 6.07) is 20.5. The van der Waals surface area contributed by atoms with Crippen molar-refractivity contribution in [3.05, 3.63) is 89.0 Å². The molecule has 1 unspecified atom stereocenters. The van der Waals surface area contributed by atoms with Crippen LogP contribution >= 0.6 is 0 Å². The first-order chi connectivity index (χ1) is 16.3. The van der Waals surface area contributed by atoms with Gasteiger partial charge in [0.05, 0.1) is 11.3 Å². The molecule has 0 saturated carbocycles.